The number of carbonyl (C=O) groups is 1. The molecule has 0 saturated heterocycles. The SMILES string of the molecule is CC=CC(=O)OCC(CCC)(Sc1cc2ccccc2n1C)c1ccccc1. The van der Waals surface area contributed by atoms with E-state index in [0.29, 0.717) is 6.61 Å². The summed E-state index contributed by atoms with van der Waals surface area (Å²) in [6, 6.07) is 21.0. The Balaban J connectivity index is 2.02. The molecule has 1 heterocycles. The molecule has 146 valence electrons. The highest BCUT2D eigenvalue weighted by atomic mass is 32.2. The summed E-state index contributed by atoms with van der Waals surface area (Å²) >= 11 is 1.79. The molecule has 1 unspecified atom stereocenters. The van der Waals surface area contributed by atoms with Crippen LogP contribution < -0.4 is 0 Å². The van der Waals surface area contributed by atoms with Gasteiger partial charge in [0.2, 0.25) is 0 Å². The maximum absolute atomic E-state index is 12.1. The summed E-state index contributed by atoms with van der Waals surface area (Å²) in [4.78, 5) is 12.1. The number of nitrogens with zero attached hydrogens (tertiary/aromatic N) is 1. The lowest BCUT2D eigenvalue weighted by Gasteiger charge is -2.33. The van der Waals surface area contributed by atoms with Gasteiger partial charge in [-0.05, 0) is 31.0 Å². The van der Waals surface area contributed by atoms with Gasteiger partial charge in [-0.1, -0.05) is 79.7 Å². The van der Waals surface area contributed by atoms with Crippen molar-refractivity contribution in [2.45, 2.75) is 36.5 Å². The van der Waals surface area contributed by atoms with Crippen molar-refractivity contribution in [2.75, 3.05) is 6.61 Å². The van der Waals surface area contributed by atoms with E-state index in [2.05, 4.69) is 73.1 Å². The highest BCUT2D eigenvalue weighted by molar-refractivity contribution is 8.00. The van der Waals surface area contributed by atoms with Crippen LogP contribution in [0.4, 0.5) is 0 Å². The Kier molecular flexibility index (Phi) is 6.63. The summed E-state index contributed by atoms with van der Waals surface area (Å²) in [6.45, 7) is 4.33. The molecule has 2 aromatic carbocycles. The van der Waals surface area contributed by atoms with Crippen molar-refractivity contribution in [3.8, 4) is 0 Å². The van der Waals surface area contributed by atoms with Crippen molar-refractivity contribution in [1.82, 2.24) is 4.57 Å². The number of allylic oxidation sites excluding steroid dienone is 1. The molecule has 0 aliphatic carbocycles. The maximum Gasteiger partial charge on any atom is 0.330 e. The number of hydrogen-bond donors (Lipinski definition) is 0. The molecule has 0 aliphatic heterocycles. The van der Waals surface area contributed by atoms with Crippen LogP contribution in [0.25, 0.3) is 10.9 Å². The van der Waals surface area contributed by atoms with E-state index in [1.54, 1.807) is 17.8 Å². The van der Waals surface area contributed by atoms with Crippen LogP contribution in [-0.2, 0) is 21.3 Å². The molecule has 0 radical (unpaired) electrons. The highest BCUT2D eigenvalue weighted by Gasteiger charge is 2.35. The van der Waals surface area contributed by atoms with Crippen molar-refractivity contribution in [3.63, 3.8) is 0 Å². The van der Waals surface area contributed by atoms with Crippen LogP contribution in [0.2, 0.25) is 0 Å². The number of para-hydroxylation sites is 1. The topological polar surface area (TPSA) is 31.2 Å². The molecule has 0 N–H and O–H groups in total. The van der Waals surface area contributed by atoms with Crippen molar-refractivity contribution < 1.29 is 9.53 Å². The molecule has 3 rings (SSSR count). The molecule has 0 amide bonds. The molecular formula is C24H27NO2S. The lowest BCUT2D eigenvalue weighted by molar-refractivity contribution is -0.138. The van der Waals surface area contributed by atoms with Crippen LogP contribution in [0, 0.1) is 0 Å². The summed E-state index contributed by atoms with van der Waals surface area (Å²) < 4.78 is 7.57. The zero-order valence-electron chi connectivity index (χ0n) is 16.7. The van der Waals surface area contributed by atoms with Gasteiger partial charge in [-0.25, -0.2) is 4.79 Å². The maximum atomic E-state index is 12.1. The average molecular weight is 394 g/mol. The van der Waals surface area contributed by atoms with Gasteiger partial charge in [-0.2, -0.15) is 0 Å². The smallest absolute Gasteiger partial charge is 0.330 e. The van der Waals surface area contributed by atoms with E-state index < -0.39 is 0 Å². The number of esters is 1. The lowest BCUT2D eigenvalue weighted by atomic mass is 9.94. The average Bonchev–Trinajstić information content (AvgIpc) is 3.03. The second-order valence-corrected chi connectivity index (χ2v) is 8.32. The Hall–Kier alpha value is -2.46. The number of thioether (sulfide) groups is 1. The first-order valence-electron chi connectivity index (χ1n) is 9.68. The molecule has 3 nitrogen and oxygen atoms in total. The Morgan fingerprint density at radius 2 is 1.86 bits per heavy atom. The van der Waals surface area contributed by atoms with Crippen LogP contribution in [0.1, 0.15) is 32.3 Å². The molecule has 28 heavy (non-hydrogen) atoms. The fourth-order valence-corrected chi connectivity index (χ4v) is 5.02. The number of aryl methyl sites for hydroxylation is 1. The van der Waals surface area contributed by atoms with Gasteiger partial charge in [0, 0.05) is 24.0 Å². The first-order valence-corrected chi connectivity index (χ1v) is 10.5. The second kappa shape index (κ2) is 9.16. The zero-order chi connectivity index (χ0) is 20.0. The fourth-order valence-electron chi connectivity index (χ4n) is 3.52. The second-order valence-electron chi connectivity index (χ2n) is 6.92. The Bertz CT molecular complexity index is 961. The summed E-state index contributed by atoms with van der Waals surface area (Å²) in [5, 5.41) is 2.39. The van der Waals surface area contributed by atoms with E-state index in [9.17, 15) is 4.79 Å². The molecule has 0 fully saturated rings. The lowest BCUT2D eigenvalue weighted by Crippen LogP contribution is -2.30. The summed E-state index contributed by atoms with van der Waals surface area (Å²) in [6.07, 6.45) is 5.09. The summed E-state index contributed by atoms with van der Waals surface area (Å²) in [5.74, 6) is -0.295. The van der Waals surface area contributed by atoms with E-state index in [1.165, 1.54) is 27.6 Å². The van der Waals surface area contributed by atoms with Gasteiger partial charge in [-0.3, -0.25) is 0 Å². The van der Waals surface area contributed by atoms with Gasteiger partial charge in [0.15, 0.2) is 0 Å². The molecule has 0 spiro atoms. The van der Waals surface area contributed by atoms with Crippen LogP contribution in [0.3, 0.4) is 0 Å². The third kappa shape index (κ3) is 4.33. The first-order chi connectivity index (χ1) is 13.6. The number of benzene rings is 2. The molecule has 0 bridgehead atoms. The monoisotopic (exact) mass is 393 g/mol. The quantitative estimate of drug-likeness (QED) is 0.264. The predicted octanol–water partition coefficient (Wildman–Crippen LogP) is 6.09. The third-order valence-electron chi connectivity index (χ3n) is 4.91. The van der Waals surface area contributed by atoms with Gasteiger partial charge < -0.3 is 9.30 Å². The number of rotatable bonds is 8. The van der Waals surface area contributed by atoms with Gasteiger partial charge in [0.1, 0.15) is 6.61 Å². The minimum atomic E-state index is -0.338. The minimum Gasteiger partial charge on any atom is -0.461 e. The first kappa shape index (κ1) is 20.3. The van der Waals surface area contributed by atoms with Crippen molar-refractivity contribution in [3.05, 3.63) is 78.4 Å². The van der Waals surface area contributed by atoms with Crippen LogP contribution >= 0.6 is 11.8 Å². The summed E-state index contributed by atoms with van der Waals surface area (Å²) in [7, 11) is 2.10. The molecule has 0 aliphatic rings. The van der Waals surface area contributed by atoms with E-state index in [4.69, 9.17) is 4.74 Å². The highest BCUT2D eigenvalue weighted by Crippen LogP contribution is 2.46. The third-order valence-corrected chi connectivity index (χ3v) is 6.46. The number of ether oxygens (including phenoxy) is 1. The fraction of sp³-hybridized carbons (Fsp3) is 0.292. The van der Waals surface area contributed by atoms with Crippen molar-refractivity contribution in [2.24, 2.45) is 7.05 Å². The van der Waals surface area contributed by atoms with E-state index in [1.807, 2.05) is 13.0 Å². The number of hydrogen-bond acceptors (Lipinski definition) is 3. The minimum absolute atomic E-state index is 0.295. The standard InChI is InChI=1S/C24H27NO2S/c1-4-11-23(26)27-18-24(16-5-2,20-13-7-6-8-14-20)28-22-17-19-12-9-10-15-21(19)25(22)3/h4,6-15,17H,5,16,18H2,1-3H3. The number of carbonyl (C=O) groups excluding carboxylic acids is 1. The zero-order valence-corrected chi connectivity index (χ0v) is 17.5. The van der Waals surface area contributed by atoms with E-state index in [-0.39, 0.29) is 10.7 Å². The molecule has 3 aromatic rings. The molecule has 0 saturated carbocycles. The normalized spacial score (nSPS) is 13.7. The summed E-state index contributed by atoms with van der Waals surface area (Å²) in [5.41, 5.74) is 2.38. The van der Waals surface area contributed by atoms with Crippen LogP contribution in [-0.4, -0.2) is 17.1 Å². The molecule has 1 atom stereocenters. The van der Waals surface area contributed by atoms with Gasteiger partial charge in [-0.15, -0.1) is 0 Å². The van der Waals surface area contributed by atoms with E-state index >= 15 is 0 Å². The van der Waals surface area contributed by atoms with Crippen molar-refractivity contribution >= 4 is 28.6 Å². The number of fused-ring (bicyclic) bond motifs is 1. The molecule has 1 aromatic heterocycles. The Morgan fingerprint density at radius 1 is 1.14 bits per heavy atom. The van der Waals surface area contributed by atoms with E-state index in [0.717, 1.165) is 12.8 Å². The largest absolute Gasteiger partial charge is 0.461 e. The molecular weight excluding hydrogens is 366 g/mol. The Morgan fingerprint density at radius 3 is 2.54 bits per heavy atom. The van der Waals surface area contributed by atoms with Gasteiger partial charge in [0.05, 0.1) is 9.77 Å². The van der Waals surface area contributed by atoms with Crippen LogP contribution in [0.15, 0.2) is 77.8 Å². The van der Waals surface area contributed by atoms with Gasteiger partial charge in [0.25, 0.3) is 0 Å². The number of aromatic nitrogens is 1. The van der Waals surface area contributed by atoms with Crippen molar-refractivity contribution in [1.29, 1.82) is 0 Å². The predicted molar refractivity (Wildman–Crippen MR) is 118 cm³/mol. The Labute approximate surface area is 171 Å². The van der Waals surface area contributed by atoms with Crippen LogP contribution in [0.5, 0.6) is 0 Å². The molecule has 4 heteroatoms. The van der Waals surface area contributed by atoms with Gasteiger partial charge >= 0.3 is 5.97 Å².